The Morgan fingerprint density at radius 1 is 1.30 bits per heavy atom. The summed E-state index contributed by atoms with van der Waals surface area (Å²) in [6, 6.07) is 3.55. The van der Waals surface area contributed by atoms with Gasteiger partial charge in [-0.05, 0) is 32.6 Å². The summed E-state index contributed by atoms with van der Waals surface area (Å²) in [5.41, 5.74) is 0.307. The first-order valence-corrected chi connectivity index (χ1v) is 7.20. The van der Waals surface area contributed by atoms with Gasteiger partial charge in [0.05, 0.1) is 27.3 Å². The van der Waals surface area contributed by atoms with E-state index in [1.165, 1.54) is 0 Å². The molecule has 0 saturated carbocycles. The average Bonchev–Trinajstić information content (AvgIpc) is 2.41. The molecule has 20 heavy (non-hydrogen) atoms. The normalized spacial score (nSPS) is 13.1. The predicted molar refractivity (Wildman–Crippen MR) is 83.8 cm³/mol. The lowest BCUT2D eigenvalue weighted by Crippen LogP contribution is -2.35. The van der Waals surface area contributed by atoms with Gasteiger partial charge in [0.1, 0.15) is 0 Å². The van der Waals surface area contributed by atoms with E-state index >= 15 is 0 Å². The van der Waals surface area contributed by atoms with E-state index in [2.05, 4.69) is 16.8 Å². The molecule has 0 aliphatic carbocycles. The molecule has 1 aromatic heterocycles. The fourth-order valence-electron chi connectivity index (χ4n) is 2.21. The molecule has 0 saturated heterocycles. The minimum absolute atomic E-state index is 0.150. The molecule has 0 radical (unpaired) electrons. The Balaban J connectivity index is 2.55. The molecule has 1 heterocycles. The maximum atomic E-state index is 12.5. The first kappa shape index (κ1) is 15.3. The van der Waals surface area contributed by atoms with Gasteiger partial charge in [-0.1, -0.05) is 30.1 Å². The number of fused-ring (bicyclic) bond motifs is 1. The molecule has 1 unspecified atom stereocenters. The van der Waals surface area contributed by atoms with Gasteiger partial charge >= 0.3 is 0 Å². The van der Waals surface area contributed by atoms with Crippen molar-refractivity contribution in [1.82, 2.24) is 14.5 Å². The minimum atomic E-state index is -0.150. The van der Waals surface area contributed by atoms with E-state index in [0.29, 0.717) is 27.5 Å². The largest absolute Gasteiger partial charge is 0.305 e. The van der Waals surface area contributed by atoms with Crippen molar-refractivity contribution in [3.8, 4) is 0 Å². The summed E-state index contributed by atoms with van der Waals surface area (Å²) < 4.78 is 1.60. The van der Waals surface area contributed by atoms with E-state index < -0.39 is 0 Å². The molecule has 4 nitrogen and oxygen atoms in total. The molecule has 6 heteroatoms. The zero-order valence-corrected chi connectivity index (χ0v) is 13.2. The molecule has 0 amide bonds. The molecule has 0 N–H and O–H groups in total. The highest BCUT2D eigenvalue weighted by Gasteiger charge is 2.14. The van der Waals surface area contributed by atoms with Crippen LogP contribution in [0.25, 0.3) is 10.9 Å². The predicted octanol–water partition coefficient (Wildman–Crippen LogP) is 3.04. The third-order valence-electron chi connectivity index (χ3n) is 3.49. The summed E-state index contributed by atoms with van der Waals surface area (Å²) in [5.74, 6) is 0. The van der Waals surface area contributed by atoms with Crippen molar-refractivity contribution in [3.63, 3.8) is 0 Å². The van der Waals surface area contributed by atoms with Gasteiger partial charge in [-0.15, -0.1) is 0 Å². The molecule has 0 spiro atoms. The standard InChI is InChI=1S/C14H17Cl2N3O/c1-4-9(18(2)3)7-19-8-17-13-11(16)6-5-10(15)12(13)14(19)20/h5-6,8-9H,4,7H2,1-3H3. The van der Waals surface area contributed by atoms with Crippen LogP contribution >= 0.6 is 23.2 Å². The maximum Gasteiger partial charge on any atom is 0.262 e. The summed E-state index contributed by atoms with van der Waals surface area (Å²) in [4.78, 5) is 18.9. The zero-order chi connectivity index (χ0) is 14.9. The summed E-state index contributed by atoms with van der Waals surface area (Å²) in [5, 5.41) is 1.21. The van der Waals surface area contributed by atoms with Crippen LogP contribution in [0.2, 0.25) is 10.0 Å². The Bertz CT molecular complexity index is 682. The molecular weight excluding hydrogens is 297 g/mol. The Hall–Kier alpha value is -1.10. The summed E-state index contributed by atoms with van der Waals surface area (Å²) in [6.07, 6.45) is 2.49. The quantitative estimate of drug-likeness (QED) is 0.870. The van der Waals surface area contributed by atoms with Crippen molar-refractivity contribution in [3.05, 3.63) is 38.9 Å². The molecule has 2 aromatic rings. The van der Waals surface area contributed by atoms with Crippen molar-refractivity contribution < 1.29 is 0 Å². The van der Waals surface area contributed by atoms with E-state index in [9.17, 15) is 4.79 Å². The zero-order valence-electron chi connectivity index (χ0n) is 11.7. The maximum absolute atomic E-state index is 12.5. The summed E-state index contributed by atoms with van der Waals surface area (Å²) >= 11 is 12.2. The van der Waals surface area contributed by atoms with Crippen LogP contribution in [0.4, 0.5) is 0 Å². The van der Waals surface area contributed by atoms with E-state index in [4.69, 9.17) is 23.2 Å². The van der Waals surface area contributed by atoms with Gasteiger partial charge in [0, 0.05) is 12.6 Å². The number of aromatic nitrogens is 2. The van der Waals surface area contributed by atoms with Gasteiger partial charge in [0.25, 0.3) is 5.56 Å². The Morgan fingerprint density at radius 2 is 1.95 bits per heavy atom. The van der Waals surface area contributed by atoms with Crippen molar-refractivity contribution in [2.45, 2.75) is 25.9 Å². The highest BCUT2D eigenvalue weighted by molar-refractivity contribution is 6.39. The van der Waals surface area contributed by atoms with Crippen molar-refractivity contribution in [2.24, 2.45) is 0 Å². The van der Waals surface area contributed by atoms with Gasteiger partial charge < -0.3 is 4.90 Å². The number of nitrogens with zero attached hydrogens (tertiary/aromatic N) is 3. The third kappa shape index (κ3) is 2.82. The Kier molecular flexibility index (Phi) is 4.68. The fourth-order valence-corrected chi connectivity index (χ4v) is 2.65. The van der Waals surface area contributed by atoms with Gasteiger partial charge in [0.15, 0.2) is 0 Å². The van der Waals surface area contributed by atoms with Crippen LogP contribution in [0.5, 0.6) is 0 Å². The Morgan fingerprint density at radius 3 is 2.55 bits per heavy atom. The molecule has 1 aromatic carbocycles. The van der Waals surface area contributed by atoms with E-state index in [-0.39, 0.29) is 11.6 Å². The van der Waals surface area contributed by atoms with Crippen LogP contribution in [0, 0.1) is 0 Å². The van der Waals surface area contributed by atoms with Crippen LogP contribution in [0.1, 0.15) is 13.3 Å². The number of likely N-dealkylation sites (N-methyl/N-ethyl adjacent to an activating group) is 1. The van der Waals surface area contributed by atoms with Crippen LogP contribution in [0.15, 0.2) is 23.3 Å². The topological polar surface area (TPSA) is 38.1 Å². The lowest BCUT2D eigenvalue weighted by Gasteiger charge is -2.23. The summed E-state index contributed by atoms with van der Waals surface area (Å²) in [7, 11) is 4.00. The molecule has 0 aliphatic rings. The molecule has 108 valence electrons. The molecule has 0 bridgehead atoms. The van der Waals surface area contributed by atoms with E-state index in [1.54, 1.807) is 23.0 Å². The molecule has 2 rings (SSSR count). The minimum Gasteiger partial charge on any atom is -0.305 e. The molecule has 1 atom stereocenters. The smallest absolute Gasteiger partial charge is 0.262 e. The molecule has 0 fully saturated rings. The number of hydrogen-bond acceptors (Lipinski definition) is 3. The van der Waals surface area contributed by atoms with Crippen molar-refractivity contribution in [2.75, 3.05) is 14.1 Å². The monoisotopic (exact) mass is 313 g/mol. The number of halogens is 2. The number of benzene rings is 1. The first-order valence-electron chi connectivity index (χ1n) is 6.45. The number of hydrogen-bond donors (Lipinski definition) is 0. The lowest BCUT2D eigenvalue weighted by molar-refractivity contribution is 0.255. The van der Waals surface area contributed by atoms with Crippen LogP contribution in [-0.2, 0) is 6.54 Å². The summed E-state index contributed by atoms with van der Waals surface area (Å²) in [6.45, 7) is 2.67. The van der Waals surface area contributed by atoms with Crippen molar-refractivity contribution >= 4 is 34.1 Å². The Labute approximate surface area is 127 Å². The van der Waals surface area contributed by atoms with E-state index in [1.807, 2.05) is 14.1 Å². The van der Waals surface area contributed by atoms with Gasteiger partial charge in [-0.2, -0.15) is 0 Å². The second-order valence-electron chi connectivity index (χ2n) is 4.98. The number of rotatable bonds is 4. The average molecular weight is 314 g/mol. The van der Waals surface area contributed by atoms with E-state index in [0.717, 1.165) is 6.42 Å². The van der Waals surface area contributed by atoms with Crippen LogP contribution in [0.3, 0.4) is 0 Å². The second kappa shape index (κ2) is 6.12. The van der Waals surface area contributed by atoms with Crippen LogP contribution < -0.4 is 5.56 Å². The van der Waals surface area contributed by atoms with Gasteiger partial charge in [-0.3, -0.25) is 9.36 Å². The van der Waals surface area contributed by atoms with Crippen molar-refractivity contribution in [1.29, 1.82) is 0 Å². The van der Waals surface area contributed by atoms with Gasteiger partial charge in [0.2, 0.25) is 0 Å². The highest BCUT2D eigenvalue weighted by Crippen LogP contribution is 2.25. The van der Waals surface area contributed by atoms with Crippen LogP contribution in [-0.4, -0.2) is 34.6 Å². The molecule has 0 aliphatic heterocycles. The first-order chi connectivity index (χ1) is 9.45. The molecular formula is C14H17Cl2N3O. The SMILES string of the molecule is CCC(Cn1cnc2c(Cl)ccc(Cl)c2c1=O)N(C)C. The second-order valence-corrected chi connectivity index (χ2v) is 5.79. The van der Waals surface area contributed by atoms with Gasteiger partial charge in [-0.25, -0.2) is 4.98 Å². The third-order valence-corrected chi connectivity index (χ3v) is 4.11. The highest BCUT2D eigenvalue weighted by atomic mass is 35.5. The lowest BCUT2D eigenvalue weighted by atomic mass is 10.2. The fraction of sp³-hybridized carbons (Fsp3) is 0.429.